The Morgan fingerprint density at radius 3 is 2.77 bits per heavy atom. The van der Waals surface area contributed by atoms with E-state index in [4.69, 9.17) is 5.73 Å². The second kappa shape index (κ2) is 2.90. The molecule has 2 heterocycles. The van der Waals surface area contributed by atoms with Gasteiger partial charge in [-0.2, -0.15) is 5.10 Å². The van der Waals surface area contributed by atoms with Crippen molar-refractivity contribution in [3.05, 3.63) is 30.6 Å². The molecule has 0 saturated carbocycles. The summed E-state index contributed by atoms with van der Waals surface area (Å²) in [5.41, 5.74) is 7.64. The van der Waals surface area contributed by atoms with Gasteiger partial charge in [-0.15, -0.1) is 0 Å². The molecule has 0 fully saturated rings. The first-order valence-electron chi connectivity index (χ1n) is 3.97. The molecule has 0 aliphatic carbocycles. The van der Waals surface area contributed by atoms with E-state index in [0.29, 0.717) is 5.82 Å². The Balaban J connectivity index is 2.53. The highest BCUT2D eigenvalue weighted by Gasteiger charge is 2.01. The average molecular weight is 174 g/mol. The molecular weight excluding hydrogens is 164 g/mol. The average Bonchev–Trinajstić information content (AvgIpc) is 2.51. The molecule has 0 unspecified atom stereocenters. The standard InChI is InChI=1S/C9H10N4/c1-13-8(3-5-12-13)7-2-4-11-9(10)6-7/h2-6H,1H3,(H2,10,11). The van der Waals surface area contributed by atoms with Crippen LogP contribution in [0.5, 0.6) is 0 Å². The molecule has 0 saturated heterocycles. The van der Waals surface area contributed by atoms with Crippen LogP contribution in [0.15, 0.2) is 30.6 Å². The van der Waals surface area contributed by atoms with E-state index in [1.807, 2.05) is 25.2 Å². The summed E-state index contributed by atoms with van der Waals surface area (Å²) in [5.74, 6) is 0.527. The maximum Gasteiger partial charge on any atom is 0.123 e. The van der Waals surface area contributed by atoms with Crippen molar-refractivity contribution in [2.45, 2.75) is 0 Å². The van der Waals surface area contributed by atoms with Crippen LogP contribution in [0.2, 0.25) is 0 Å². The molecular formula is C9H10N4. The van der Waals surface area contributed by atoms with E-state index < -0.39 is 0 Å². The summed E-state index contributed by atoms with van der Waals surface area (Å²) < 4.78 is 1.80. The number of aromatic nitrogens is 3. The molecule has 0 atom stereocenters. The third-order valence-electron chi connectivity index (χ3n) is 1.90. The van der Waals surface area contributed by atoms with Crippen molar-refractivity contribution in [2.24, 2.45) is 7.05 Å². The summed E-state index contributed by atoms with van der Waals surface area (Å²) in [6, 6.07) is 5.68. The number of nitrogens with two attached hydrogens (primary N) is 1. The van der Waals surface area contributed by atoms with Gasteiger partial charge in [-0.25, -0.2) is 4.98 Å². The Hall–Kier alpha value is -1.84. The largest absolute Gasteiger partial charge is 0.384 e. The van der Waals surface area contributed by atoms with Gasteiger partial charge in [0.1, 0.15) is 5.82 Å². The molecule has 13 heavy (non-hydrogen) atoms. The fraction of sp³-hybridized carbons (Fsp3) is 0.111. The SMILES string of the molecule is Cn1nccc1-c1ccnc(N)c1. The van der Waals surface area contributed by atoms with Crippen LogP contribution < -0.4 is 5.73 Å². The summed E-state index contributed by atoms with van der Waals surface area (Å²) in [6.07, 6.45) is 3.45. The maximum absolute atomic E-state index is 5.57. The third kappa shape index (κ3) is 1.38. The minimum Gasteiger partial charge on any atom is -0.384 e. The topological polar surface area (TPSA) is 56.7 Å². The molecule has 66 valence electrons. The molecule has 2 aromatic rings. The van der Waals surface area contributed by atoms with Gasteiger partial charge < -0.3 is 5.73 Å². The van der Waals surface area contributed by atoms with Crippen LogP contribution in [-0.2, 0) is 7.05 Å². The summed E-state index contributed by atoms with van der Waals surface area (Å²) in [7, 11) is 1.89. The molecule has 0 aliphatic rings. The zero-order valence-corrected chi connectivity index (χ0v) is 7.31. The molecule has 4 heteroatoms. The maximum atomic E-state index is 5.57. The van der Waals surface area contributed by atoms with Crippen LogP contribution >= 0.6 is 0 Å². The molecule has 2 N–H and O–H groups in total. The van der Waals surface area contributed by atoms with Gasteiger partial charge in [0.2, 0.25) is 0 Å². The first kappa shape index (κ1) is 7.79. The molecule has 0 spiro atoms. The number of nitrogens with zero attached hydrogens (tertiary/aromatic N) is 3. The van der Waals surface area contributed by atoms with Gasteiger partial charge in [0, 0.05) is 25.0 Å². The minimum atomic E-state index is 0.527. The van der Waals surface area contributed by atoms with Crippen LogP contribution in [0.25, 0.3) is 11.3 Å². The van der Waals surface area contributed by atoms with Crippen molar-refractivity contribution in [1.29, 1.82) is 0 Å². The van der Waals surface area contributed by atoms with Gasteiger partial charge in [0.15, 0.2) is 0 Å². The normalized spacial score (nSPS) is 10.2. The van der Waals surface area contributed by atoms with Gasteiger partial charge in [-0.05, 0) is 18.2 Å². The summed E-state index contributed by atoms with van der Waals surface area (Å²) in [6.45, 7) is 0. The minimum absolute atomic E-state index is 0.527. The van der Waals surface area contributed by atoms with E-state index in [-0.39, 0.29) is 0 Å². The van der Waals surface area contributed by atoms with E-state index in [9.17, 15) is 0 Å². The number of pyridine rings is 1. The van der Waals surface area contributed by atoms with Gasteiger partial charge >= 0.3 is 0 Å². The smallest absolute Gasteiger partial charge is 0.123 e. The van der Waals surface area contributed by atoms with Crippen LogP contribution in [-0.4, -0.2) is 14.8 Å². The molecule has 0 radical (unpaired) electrons. The summed E-state index contributed by atoms with van der Waals surface area (Å²) in [4.78, 5) is 3.93. The molecule has 0 bridgehead atoms. The van der Waals surface area contributed by atoms with E-state index >= 15 is 0 Å². The van der Waals surface area contributed by atoms with Crippen molar-refractivity contribution < 1.29 is 0 Å². The highest BCUT2D eigenvalue weighted by Crippen LogP contribution is 2.18. The number of anilines is 1. The Bertz CT molecular complexity index is 419. The first-order valence-corrected chi connectivity index (χ1v) is 3.97. The summed E-state index contributed by atoms with van der Waals surface area (Å²) >= 11 is 0. The number of hydrogen-bond acceptors (Lipinski definition) is 3. The molecule has 4 nitrogen and oxygen atoms in total. The van der Waals surface area contributed by atoms with Crippen molar-refractivity contribution in [3.8, 4) is 11.3 Å². The molecule has 2 aromatic heterocycles. The zero-order valence-electron chi connectivity index (χ0n) is 7.31. The molecule has 0 aliphatic heterocycles. The summed E-state index contributed by atoms with van der Waals surface area (Å²) in [5, 5.41) is 4.08. The van der Waals surface area contributed by atoms with Crippen molar-refractivity contribution in [2.75, 3.05) is 5.73 Å². The van der Waals surface area contributed by atoms with Gasteiger partial charge in [0.25, 0.3) is 0 Å². The van der Waals surface area contributed by atoms with Gasteiger partial charge in [-0.3, -0.25) is 4.68 Å². The molecule has 0 aromatic carbocycles. The van der Waals surface area contributed by atoms with Crippen molar-refractivity contribution >= 4 is 5.82 Å². The van der Waals surface area contributed by atoms with Crippen LogP contribution in [0.1, 0.15) is 0 Å². The quantitative estimate of drug-likeness (QED) is 0.703. The lowest BCUT2D eigenvalue weighted by Gasteiger charge is -2.01. The number of rotatable bonds is 1. The Kier molecular flexibility index (Phi) is 1.73. The monoisotopic (exact) mass is 174 g/mol. The van der Waals surface area contributed by atoms with Crippen LogP contribution in [0.4, 0.5) is 5.82 Å². The third-order valence-corrected chi connectivity index (χ3v) is 1.90. The highest BCUT2D eigenvalue weighted by molar-refractivity contribution is 5.61. The van der Waals surface area contributed by atoms with E-state index in [1.165, 1.54) is 0 Å². The lowest BCUT2D eigenvalue weighted by molar-refractivity contribution is 0.776. The number of aryl methyl sites for hydroxylation is 1. The van der Waals surface area contributed by atoms with Crippen LogP contribution in [0.3, 0.4) is 0 Å². The Morgan fingerprint density at radius 2 is 2.15 bits per heavy atom. The zero-order chi connectivity index (χ0) is 9.26. The predicted molar refractivity (Wildman–Crippen MR) is 50.9 cm³/mol. The molecule has 2 rings (SSSR count). The fourth-order valence-corrected chi connectivity index (χ4v) is 1.26. The highest BCUT2D eigenvalue weighted by atomic mass is 15.3. The Labute approximate surface area is 76.0 Å². The molecule has 0 amide bonds. The Morgan fingerprint density at radius 1 is 1.31 bits per heavy atom. The first-order chi connectivity index (χ1) is 6.27. The van der Waals surface area contributed by atoms with E-state index in [1.54, 1.807) is 17.1 Å². The van der Waals surface area contributed by atoms with Crippen LogP contribution in [0, 0.1) is 0 Å². The van der Waals surface area contributed by atoms with Gasteiger partial charge in [0.05, 0.1) is 5.69 Å². The lowest BCUT2D eigenvalue weighted by Crippen LogP contribution is -1.95. The number of nitrogen functional groups attached to an aromatic ring is 1. The van der Waals surface area contributed by atoms with Crippen molar-refractivity contribution in [1.82, 2.24) is 14.8 Å². The predicted octanol–water partition coefficient (Wildman–Crippen LogP) is 1.06. The second-order valence-electron chi connectivity index (χ2n) is 2.81. The van der Waals surface area contributed by atoms with Gasteiger partial charge in [-0.1, -0.05) is 0 Å². The second-order valence-corrected chi connectivity index (χ2v) is 2.81. The fourth-order valence-electron chi connectivity index (χ4n) is 1.26. The van der Waals surface area contributed by atoms with E-state index in [2.05, 4.69) is 10.1 Å². The lowest BCUT2D eigenvalue weighted by atomic mass is 10.2. The van der Waals surface area contributed by atoms with Crippen molar-refractivity contribution in [3.63, 3.8) is 0 Å². The number of hydrogen-bond donors (Lipinski definition) is 1. The van der Waals surface area contributed by atoms with E-state index in [0.717, 1.165) is 11.3 Å².